The minimum absolute atomic E-state index is 0.275. The van der Waals surface area contributed by atoms with E-state index < -0.39 is 0 Å². The van der Waals surface area contributed by atoms with Gasteiger partial charge in [-0.2, -0.15) is 4.57 Å². The highest BCUT2D eigenvalue weighted by Gasteiger charge is 2.14. The maximum Gasteiger partial charge on any atom is 0.258 e. The molecule has 0 aliphatic heterocycles. The first kappa shape index (κ1) is 7.80. The first-order valence-corrected chi connectivity index (χ1v) is 4.67. The number of aryl methyl sites for hydroxylation is 1. The fourth-order valence-electron chi connectivity index (χ4n) is 1.59. The smallest absolute Gasteiger partial charge is 0.234 e. The molecule has 0 atom stereocenters. The van der Waals surface area contributed by atoms with Crippen molar-refractivity contribution in [1.82, 2.24) is 4.57 Å². The van der Waals surface area contributed by atoms with Crippen LogP contribution in [-0.2, 0) is 7.02 Å². The van der Waals surface area contributed by atoms with Gasteiger partial charge in [0.2, 0.25) is 0 Å². The topological polar surface area (TPSA) is 8.81 Å². The number of para-hydroxylation sites is 1. The molecule has 0 radical (unpaired) electrons. The molecule has 0 bridgehead atoms. The second kappa shape index (κ2) is 3.29. The van der Waals surface area contributed by atoms with Crippen LogP contribution in [0.2, 0.25) is 0 Å². The monoisotopic (exact) mass is 188 g/mol. The van der Waals surface area contributed by atoms with Crippen LogP contribution in [0, 0.1) is 13.8 Å². The maximum atomic E-state index is 7.45. The number of hydrogen-bond acceptors (Lipinski definition) is 0. The molecule has 0 saturated heterocycles. The molecule has 2 heteroatoms. The molecular formula is C12H15N2+. The van der Waals surface area contributed by atoms with E-state index >= 15 is 0 Å². The van der Waals surface area contributed by atoms with Crippen LogP contribution in [0.3, 0.4) is 0 Å². The predicted molar refractivity (Wildman–Crippen MR) is 56.4 cm³/mol. The lowest BCUT2D eigenvalue weighted by atomic mass is 10.3. The Morgan fingerprint density at radius 2 is 1.93 bits per heavy atom. The number of rotatable bonds is 1. The van der Waals surface area contributed by atoms with Gasteiger partial charge < -0.3 is 0 Å². The summed E-state index contributed by atoms with van der Waals surface area (Å²) < 4.78 is 11.5. The van der Waals surface area contributed by atoms with Crippen molar-refractivity contribution < 1.29 is 5.94 Å². The fraction of sp³-hybridized carbons (Fsp3) is 0.250. The third kappa shape index (κ3) is 1.33. The highest BCUT2D eigenvalue weighted by molar-refractivity contribution is 5.22. The summed E-state index contributed by atoms with van der Waals surface area (Å²) in [6.07, 6.45) is 2.07. The molecule has 1 aromatic heterocycles. The molecule has 0 N–H and O–H groups in total. The molecule has 0 fully saturated rings. The summed E-state index contributed by atoms with van der Waals surface area (Å²) in [4.78, 5) is 0. The normalized spacial score (nSPS) is 11.4. The van der Waals surface area contributed by atoms with Crippen LogP contribution in [0.4, 0.5) is 0 Å². The Bertz CT molecular complexity index is 460. The maximum absolute atomic E-state index is 7.45. The lowest BCUT2D eigenvalue weighted by Crippen LogP contribution is -2.32. The van der Waals surface area contributed by atoms with Crippen LogP contribution in [0.15, 0.2) is 36.5 Å². The van der Waals surface area contributed by atoms with E-state index in [1.165, 1.54) is 0 Å². The van der Waals surface area contributed by atoms with Gasteiger partial charge in [0.1, 0.15) is 17.6 Å². The Balaban J connectivity index is 2.55. The zero-order chi connectivity index (χ0) is 10.8. The van der Waals surface area contributed by atoms with Crippen molar-refractivity contribution >= 4 is 0 Å². The molecular weight excluding hydrogens is 172 g/mol. The molecule has 2 nitrogen and oxygen atoms in total. The summed E-state index contributed by atoms with van der Waals surface area (Å²) in [6.45, 7) is 4.06. The van der Waals surface area contributed by atoms with Gasteiger partial charge in [0, 0.05) is 13.8 Å². The Hall–Kier alpha value is -1.57. The van der Waals surface area contributed by atoms with E-state index in [0.717, 1.165) is 17.2 Å². The largest absolute Gasteiger partial charge is 0.258 e. The molecule has 0 aliphatic rings. The van der Waals surface area contributed by atoms with Crippen LogP contribution < -0.4 is 4.57 Å². The van der Waals surface area contributed by atoms with Crippen LogP contribution in [0.5, 0.6) is 0 Å². The number of benzene rings is 1. The van der Waals surface area contributed by atoms with Gasteiger partial charge >= 0.3 is 0 Å². The van der Waals surface area contributed by atoms with Crippen molar-refractivity contribution in [1.29, 1.82) is 0 Å². The SMILES string of the molecule is [2H]Cn1c(C)c[n+](-c2ccccc2)c1C. The number of nitrogens with zero attached hydrogens (tertiary/aromatic N) is 2. The van der Waals surface area contributed by atoms with Crippen molar-refractivity contribution in [3.8, 4) is 5.69 Å². The van der Waals surface area contributed by atoms with E-state index in [1.807, 2.05) is 36.6 Å². The molecule has 1 heterocycles. The van der Waals surface area contributed by atoms with E-state index in [-0.39, 0.29) is 7.02 Å². The summed E-state index contributed by atoms with van der Waals surface area (Å²) in [7, 11) is 0.275. The average molecular weight is 188 g/mol. The third-order valence-electron chi connectivity index (χ3n) is 2.52. The van der Waals surface area contributed by atoms with Crippen molar-refractivity contribution in [2.45, 2.75) is 13.8 Å². The number of imidazole rings is 1. The predicted octanol–water partition coefficient (Wildman–Crippen LogP) is 1.92. The van der Waals surface area contributed by atoms with Gasteiger partial charge in [0.05, 0.1) is 8.39 Å². The van der Waals surface area contributed by atoms with Crippen LogP contribution in [0.25, 0.3) is 5.69 Å². The first-order valence-electron chi connectivity index (χ1n) is 5.38. The molecule has 0 amide bonds. The first-order chi connectivity index (χ1) is 7.24. The standard InChI is InChI=1S/C12H15N2/c1-10-9-14(11(2)13(10)3)12-7-5-4-6-8-12/h4-9H,1-3H3/q+1/i3D. The zero-order valence-electron chi connectivity index (χ0n) is 9.57. The van der Waals surface area contributed by atoms with E-state index in [2.05, 4.69) is 22.9 Å². The lowest BCUT2D eigenvalue weighted by molar-refractivity contribution is -0.602. The van der Waals surface area contributed by atoms with Crippen LogP contribution >= 0.6 is 0 Å². The molecule has 0 saturated carbocycles. The molecule has 72 valence electrons. The quantitative estimate of drug-likeness (QED) is 0.605. The summed E-state index contributed by atoms with van der Waals surface area (Å²) in [6, 6.07) is 10.2. The van der Waals surface area contributed by atoms with E-state index in [1.54, 1.807) is 0 Å². The molecule has 14 heavy (non-hydrogen) atoms. The second-order valence-corrected chi connectivity index (χ2v) is 3.45. The van der Waals surface area contributed by atoms with E-state index in [9.17, 15) is 0 Å². The third-order valence-corrected chi connectivity index (χ3v) is 2.52. The molecule has 0 unspecified atom stereocenters. The summed E-state index contributed by atoms with van der Waals surface area (Å²) in [5.74, 6) is 1.09. The Morgan fingerprint density at radius 3 is 2.50 bits per heavy atom. The highest BCUT2D eigenvalue weighted by atomic mass is 15.1. The molecule has 2 aromatic rings. The zero-order valence-corrected chi connectivity index (χ0v) is 8.57. The molecule has 1 aromatic carbocycles. The van der Waals surface area contributed by atoms with E-state index in [0.29, 0.717) is 0 Å². The van der Waals surface area contributed by atoms with Gasteiger partial charge in [-0.3, -0.25) is 0 Å². The summed E-state index contributed by atoms with van der Waals surface area (Å²) >= 11 is 0. The van der Waals surface area contributed by atoms with Crippen LogP contribution in [-0.4, -0.2) is 4.57 Å². The number of hydrogen-bond donors (Lipinski definition) is 0. The minimum atomic E-state index is 0.275. The summed E-state index contributed by atoms with van der Waals surface area (Å²) in [5.41, 5.74) is 2.26. The van der Waals surface area contributed by atoms with Gasteiger partial charge in [-0.1, -0.05) is 18.2 Å². The average Bonchev–Trinajstić information content (AvgIpc) is 2.55. The van der Waals surface area contributed by atoms with Gasteiger partial charge in [-0.05, 0) is 12.1 Å². The van der Waals surface area contributed by atoms with Crippen molar-refractivity contribution in [2.75, 3.05) is 0 Å². The van der Waals surface area contributed by atoms with E-state index in [4.69, 9.17) is 1.37 Å². The van der Waals surface area contributed by atoms with Crippen molar-refractivity contribution in [3.63, 3.8) is 0 Å². The van der Waals surface area contributed by atoms with Gasteiger partial charge in [0.25, 0.3) is 5.82 Å². The number of aromatic nitrogens is 2. The lowest BCUT2D eigenvalue weighted by Gasteiger charge is -1.96. The Kier molecular flexibility index (Phi) is 1.83. The van der Waals surface area contributed by atoms with Gasteiger partial charge in [-0.15, -0.1) is 0 Å². The Labute approximate surface area is 85.8 Å². The van der Waals surface area contributed by atoms with Crippen LogP contribution in [0.1, 0.15) is 12.9 Å². The highest BCUT2D eigenvalue weighted by Crippen LogP contribution is 2.04. The molecule has 2 rings (SSSR count). The molecule has 0 spiro atoms. The van der Waals surface area contributed by atoms with Gasteiger partial charge in [0.15, 0.2) is 0 Å². The Morgan fingerprint density at radius 1 is 1.21 bits per heavy atom. The fourth-order valence-corrected chi connectivity index (χ4v) is 1.59. The van der Waals surface area contributed by atoms with Crippen molar-refractivity contribution in [2.24, 2.45) is 7.02 Å². The van der Waals surface area contributed by atoms with Crippen molar-refractivity contribution in [3.05, 3.63) is 48.0 Å². The van der Waals surface area contributed by atoms with Gasteiger partial charge in [-0.25, -0.2) is 4.57 Å². The summed E-state index contributed by atoms with van der Waals surface area (Å²) in [5, 5.41) is 0. The second-order valence-electron chi connectivity index (χ2n) is 3.45. The molecule has 0 aliphatic carbocycles. The minimum Gasteiger partial charge on any atom is -0.234 e.